The summed E-state index contributed by atoms with van der Waals surface area (Å²) in [7, 11) is 0. The molecule has 6 heteroatoms. The molecule has 0 saturated heterocycles. The Hall–Kier alpha value is -1.85. The summed E-state index contributed by atoms with van der Waals surface area (Å²) in [6, 6.07) is 1.40. The van der Waals surface area contributed by atoms with Crippen LogP contribution in [0.1, 0.15) is 39.4 Å². The van der Waals surface area contributed by atoms with Gasteiger partial charge in [0.25, 0.3) is 5.56 Å². The first-order valence-electron chi connectivity index (χ1n) is 6.44. The predicted octanol–water partition coefficient (Wildman–Crippen LogP) is 0.841. The van der Waals surface area contributed by atoms with Crippen LogP contribution in [0.2, 0.25) is 0 Å². The molecule has 1 aromatic heterocycles. The molecule has 1 heterocycles. The highest BCUT2D eigenvalue weighted by atomic mass is 16.1. The van der Waals surface area contributed by atoms with E-state index in [4.69, 9.17) is 5.73 Å². The lowest BCUT2D eigenvalue weighted by molar-refractivity contribution is -0.116. The molecule has 0 spiro atoms. The number of anilines is 1. The number of hydrogen-bond acceptors (Lipinski definition) is 4. The molecule has 0 aliphatic heterocycles. The Labute approximate surface area is 113 Å². The van der Waals surface area contributed by atoms with E-state index in [0.29, 0.717) is 24.1 Å². The van der Waals surface area contributed by atoms with Crippen molar-refractivity contribution < 1.29 is 4.79 Å². The van der Waals surface area contributed by atoms with Gasteiger partial charge in [0, 0.05) is 18.5 Å². The molecule has 0 aliphatic carbocycles. The predicted molar refractivity (Wildman–Crippen MR) is 75.2 cm³/mol. The number of hydrogen-bond donors (Lipinski definition) is 2. The molecule has 3 N–H and O–H groups in total. The maximum atomic E-state index is 11.7. The standard InChI is InChI=1S/C13H22N4O2/c1-8(2)6-17(7-10(14)18)11-5-12(19)16-13(15-11)9(3)4/h5,8-9H,6-7H2,1-4H3,(H2,14,18)(H,15,16,19). The lowest BCUT2D eigenvalue weighted by Crippen LogP contribution is -2.37. The minimum absolute atomic E-state index is 0.0617. The fourth-order valence-electron chi connectivity index (χ4n) is 1.77. The van der Waals surface area contributed by atoms with Crippen molar-refractivity contribution >= 4 is 11.7 Å². The molecule has 0 unspecified atom stereocenters. The van der Waals surface area contributed by atoms with Crippen molar-refractivity contribution in [2.24, 2.45) is 11.7 Å². The zero-order valence-electron chi connectivity index (χ0n) is 11.9. The summed E-state index contributed by atoms with van der Waals surface area (Å²) in [5.41, 5.74) is 5.03. The second-order valence-electron chi connectivity index (χ2n) is 5.38. The summed E-state index contributed by atoms with van der Waals surface area (Å²) in [5, 5.41) is 0. The van der Waals surface area contributed by atoms with Gasteiger partial charge in [0.15, 0.2) is 0 Å². The van der Waals surface area contributed by atoms with Gasteiger partial charge in [-0.15, -0.1) is 0 Å². The second kappa shape index (κ2) is 6.36. The Kier molecular flexibility index (Phi) is 5.09. The van der Waals surface area contributed by atoms with E-state index in [2.05, 4.69) is 9.97 Å². The number of amides is 1. The number of carbonyl (C=O) groups excluding carboxylic acids is 1. The molecule has 1 aromatic rings. The van der Waals surface area contributed by atoms with Crippen molar-refractivity contribution in [2.75, 3.05) is 18.0 Å². The highest BCUT2D eigenvalue weighted by Crippen LogP contribution is 2.14. The fraction of sp³-hybridized carbons (Fsp3) is 0.615. The Morgan fingerprint density at radius 2 is 2.05 bits per heavy atom. The van der Waals surface area contributed by atoms with Gasteiger partial charge >= 0.3 is 0 Å². The van der Waals surface area contributed by atoms with Crippen molar-refractivity contribution in [3.05, 3.63) is 22.2 Å². The van der Waals surface area contributed by atoms with E-state index in [-0.39, 0.29) is 18.0 Å². The normalized spacial score (nSPS) is 11.1. The van der Waals surface area contributed by atoms with E-state index in [1.165, 1.54) is 6.07 Å². The molecule has 0 atom stereocenters. The summed E-state index contributed by atoms with van der Waals surface area (Å²) < 4.78 is 0. The van der Waals surface area contributed by atoms with Gasteiger partial charge in [-0.3, -0.25) is 9.59 Å². The number of nitrogens with one attached hydrogen (secondary N) is 1. The Bertz CT molecular complexity index is 494. The van der Waals surface area contributed by atoms with Crippen molar-refractivity contribution in [3.8, 4) is 0 Å². The maximum Gasteiger partial charge on any atom is 0.252 e. The number of carbonyl (C=O) groups is 1. The van der Waals surface area contributed by atoms with E-state index in [0.717, 1.165) is 0 Å². The number of nitrogens with zero attached hydrogens (tertiary/aromatic N) is 2. The van der Waals surface area contributed by atoms with Crippen LogP contribution in [0.15, 0.2) is 10.9 Å². The Morgan fingerprint density at radius 3 is 2.53 bits per heavy atom. The van der Waals surface area contributed by atoms with Crippen LogP contribution in [0.4, 0.5) is 5.82 Å². The van der Waals surface area contributed by atoms with Gasteiger partial charge in [-0.1, -0.05) is 27.7 Å². The average molecular weight is 266 g/mol. The highest BCUT2D eigenvalue weighted by Gasteiger charge is 2.15. The SMILES string of the molecule is CC(C)CN(CC(N)=O)c1cc(=O)[nH]c(C(C)C)n1. The van der Waals surface area contributed by atoms with E-state index < -0.39 is 5.91 Å². The third-order valence-electron chi connectivity index (χ3n) is 2.55. The number of aromatic amines is 1. The van der Waals surface area contributed by atoms with Gasteiger partial charge in [-0.05, 0) is 5.92 Å². The molecule has 0 saturated carbocycles. The molecule has 0 fully saturated rings. The number of aromatic nitrogens is 2. The molecule has 0 aliphatic rings. The van der Waals surface area contributed by atoms with Crippen molar-refractivity contribution in [1.82, 2.24) is 9.97 Å². The van der Waals surface area contributed by atoms with Crippen molar-refractivity contribution in [2.45, 2.75) is 33.6 Å². The number of nitrogens with two attached hydrogens (primary N) is 1. The topological polar surface area (TPSA) is 92.1 Å². The molecule has 1 rings (SSSR count). The zero-order valence-corrected chi connectivity index (χ0v) is 11.9. The number of H-pyrrole nitrogens is 1. The first-order valence-corrected chi connectivity index (χ1v) is 6.44. The van der Waals surface area contributed by atoms with Crippen molar-refractivity contribution in [3.63, 3.8) is 0 Å². The minimum atomic E-state index is -0.436. The van der Waals surface area contributed by atoms with E-state index in [9.17, 15) is 9.59 Å². The fourth-order valence-corrected chi connectivity index (χ4v) is 1.77. The van der Waals surface area contributed by atoms with Crippen LogP contribution in [-0.2, 0) is 4.79 Å². The highest BCUT2D eigenvalue weighted by molar-refractivity contribution is 5.79. The zero-order chi connectivity index (χ0) is 14.6. The van der Waals surface area contributed by atoms with E-state index >= 15 is 0 Å². The Morgan fingerprint density at radius 1 is 1.42 bits per heavy atom. The second-order valence-corrected chi connectivity index (χ2v) is 5.38. The molecule has 0 aromatic carbocycles. The molecule has 19 heavy (non-hydrogen) atoms. The number of rotatable bonds is 6. The summed E-state index contributed by atoms with van der Waals surface area (Å²) in [5.74, 6) is 1.12. The maximum absolute atomic E-state index is 11.7. The largest absolute Gasteiger partial charge is 0.368 e. The smallest absolute Gasteiger partial charge is 0.252 e. The van der Waals surface area contributed by atoms with E-state index in [1.54, 1.807) is 4.90 Å². The monoisotopic (exact) mass is 266 g/mol. The summed E-state index contributed by atoms with van der Waals surface area (Å²) in [6.45, 7) is 8.64. The third kappa shape index (κ3) is 4.73. The average Bonchev–Trinajstić information content (AvgIpc) is 2.25. The summed E-state index contributed by atoms with van der Waals surface area (Å²) >= 11 is 0. The molecular weight excluding hydrogens is 244 g/mol. The van der Waals surface area contributed by atoms with E-state index in [1.807, 2.05) is 27.7 Å². The molecule has 0 bridgehead atoms. The van der Waals surface area contributed by atoms with Crippen LogP contribution in [0.25, 0.3) is 0 Å². The van der Waals surface area contributed by atoms with Gasteiger partial charge in [-0.2, -0.15) is 0 Å². The summed E-state index contributed by atoms with van der Waals surface area (Å²) in [6.07, 6.45) is 0. The van der Waals surface area contributed by atoms with Gasteiger partial charge in [-0.25, -0.2) is 4.98 Å². The Balaban J connectivity index is 3.13. The lowest BCUT2D eigenvalue weighted by Gasteiger charge is -2.24. The van der Waals surface area contributed by atoms with Crippen LogP contribution >= 0.6 is 0 Å². The first kappa shape index (κ1) is 15.2. The van der Waals surface area contributed by atoms with Gasteiger partial charge in [0.05, 0.1) is 6.54 Å². The lowest BCUT2D eigenvalue weighted by atomic mass is 10.2. The minimum Gasteiger partial charge on any atom is -0.368 e. The molecular formula is C13H22N4O2. The van der Waals surface area contributed by atoms with Crippen LogP contribution < -0.4 is 16.2 Å². The van der Waals surface area contributed by atoms with Crippen LogP contribution in [-0.4, -0.2) is 29.0 Å². The quantitative estimate of drug-likeness (QED) is 0.798. The first-order chi connectivity index (χ1) is 8.79. The van der Waals surface area contributed by atoms with Crippen LogP contribution in [0.5, 0.6) is 0 Å². The van der Waals surface area contributed by atoms with Gasteiger partial charge in [0.2, 0.25) is 5.91 Å². The molecule has 6 nitrogen and oxygen atoms in total. The number of primary amides is 1. The molecule has 0 radical (unpaired) electrons. The van der Waals surface area contributed by atoms with Gasteiger partial charge < -0.3 is 15.6 Å². The van der Waals surface area contributed by atoms with Crippen LogP contribution in [0, 0.1) is 5.92 Å². The van der Waals surface area contributed by atoms with Gasteiger partial charge in [0.1, 0.15) is 11.6 Å². The third-order valence-corrected chi connectivity index (χ3v) is 2.55. The van der Waals surface area contributed by atoms with Crippen molar-refractivity contribution in [1.29, 1.82) is 0 Å². The molecule has 106 valence electrons. The van der Waals surface area contributed by atoms with Crippen LogP contribution in [0.3, 0.4) is 0 Å². The summed E-state index contributed by atoms with van der Waals surface area (Å²) in [4.78, 5) is 31.6. The molecule has 1 amide bonds.